The minimum Gasteiger partial charge on any atom is -0.484 e. The molecule has 220 valence electrons. The molecule has 1 atom stereocenters. The Kier molecular flexibility index (Phi) is 10.1. The first-order chi connectivity index (χ1) is 20.1. The van der Waals surface area contributed by atoms with Crippen molar-refractivity contribution in [2.45, 2.75) is 62.8 Å². The van der Waals surface area contributed by atoms with Gasteiger partial charge in [0.05, 0.1) is 17.4 Å². The SMILES string of the molecule is CCC(Sc1cccc(NC(=O)COc2ccccc2)c1)C(=O)Nc1sc2c(c1C#N)CCN(C(=O)OC(C)(C)C)C2. The fourth-order valence-electron chi connectivity index (χ4n) is 4.28. The monoisotopic (exact) mass is 606 g/mol. The quantitative estimate of drug-likeness (QED) is 0.269. The van der Waals surface area contributed by atoms with Crippen molar-refractivity contribution in [2.24, 2.45) is 0 Å². The van der Waals surface area contributed by atoms with Crippen LogP contribution >= 0.6 is 23.1 Å². The first-order valence-electron chi connectivity index (χ1n) is 13.6. The van der Waals surface area contributed by atoms with Crippen LogP contribution in [0.3, 0.4) is 0 Å². The van der Waals surface area contributed by atoms with Crippen molar-refractivity contribution in [1.29, 1.82) is 5.26 Å². The fourth-order valence-corrected chi connectivity index (χ4v) is 6.51. The molecule has 1 aliphatic heterocycles. The summed E-state index contributed by atoms with van der Waals surface area (Å²) in [4.78, 5) is 41.6. The van der Waals surface area contributed by atoms with Crippen LogP contribution in [0.25, 0.3) is 0 Å². The van der Waals surface area contributed by atoms with Gasteiger partial charge in [-0.3, -0.25) is 9.59 Å². The van der Waals surface area contributed by atoms with Gasteiger partial charge in [0.2, 0.25) is 5.91 Å². The highest BCUT2D eigenvalue weighted by atomic mass is 32.2. The predicted octanol–water partition coefficient (Wildman–Crippen LogP) is 6.44. The van der Waals surface area contributed by atoms with Crippen molar-refractivity contribution in [3.05, 3.63) is 70.6 Å². The number of amides is 3. The topological polar surface area (TPSA) is 121 Å². The van der Waals surface area contributed by atoms with Gasteiger partial charge in [-0.2, -0.15) is 5.26 Å². The molecule has 42 heavy (non-hydrogen) atoms. The molecule has 9 nitrogen and oxygen atoms in total. The highest BCUT2D eigenvalue weighted by Crippen LogP contribution is 2.38. The number of nitrogens with one attached hydrogen (secondary N) is 2. The summed E-state index contributed by atoms with van der Waals surface area (Å²) in [6, 6.07) is 18.7. The molecule has 0 aliphatic carbocycles. The molecule has 3 amide bonds. The Morgan fingerprint density at radius 3 is 2.57 bits per heavy atom. The molecule has 1 unspecified atom stereocenters. The van der Waals surface area contributed by atoms with Gasteiger partial charge in [0.15, 0.2) is 6.61 Å². The Hall–Kier alpha value is -4.01. The van der Waals surface area contributed by atoms with E-state index in [0.717, 1.165) is 15.3 Å². The molecular formula is C31H34N4O5S2. The van der Waals surface area contributed by atoms with E-state index >= 15 is 0 Å². The van der Waals surface area contributed by atoms with Crippen molar-refractivity contribution in [1.82, 2.24) is 4.90 Å². The summed E-state index contributed by atoms with van der Waals surface area (Å²) in [5.74, 6) is 0.106. The lowest BCUT2D eigenvalue weighted by molar-refractivity contribution is -0.118. The van der Waals surface area contributed by atoms with Gasteiger partial charge in [-0.25, -0.2) is 4.79 Å². The van der Waals surface area contributed by atoms with E-state index in [4.69, 9.17) is 9.47 Å². The van der Waals surface area contributed by atoms with Gasteiger partial charge in [-0.05, 0) is 69.5 Å². The van der Waals surface area contributed by atoms with E-state index in [1.807, 2.05) is 64.1 Å². The lowest BCUT2D eigenvalue weighted by Gasteiger charge is -2.29. The molecule has 1 aromatic heterocycles. The van der Waals surface area contributed by atoms with Crippen LogP contribution in [0.5, 0.6) is 5.75 Å². The summed E-state index contributed by atoms with van der Waals surface area (Å²) in [6.45, 7) is 8.05. The number of carbonyl (C=O) groups is 3. The highest BCUT2D eigenvalue weighted by molar-refractivity contribution is 8.00. The molecule has 3 aromatic rings. The minimum absolute atomic E-state index is 0.122. The molecule has 0 spiro atoms. The number of thiophene rings is 1. The average Bonchev–Trinajstić information content (AvgIpc) is 3.30. The Morgan fingerprint density at radius 2 is 1.88 bits per heavy atom. The van der Waals surface area contributed by atoms with Crippen LogP contribution in [0.1, 0.15) is 50.1 Å². The molecule has 0 saturated carbocycles. The molecule has 4 rings (SSSR count). The third kappa shape index (κ3) is 8.27. The second-order valence-corrected chi connectivity index (χ2v) is 13.0. The smallest absolute Gasteiger partial charge is 0.410 e. The number of anilines is 2. The molecule has 0 radical (unpaired) electrons. The number of benzene rings is 2. The predicted molar refractivity (Wildman–Crippen MR) is 165 cm³/mol. The zero-order chi connectivity index (χ0) is 30.3. The van der Waals surface area contributed by atoms with Gasteiger partial charge < -0.3 is 25.0 Å². The number of ether oxygens (including phenoxy) is 2. The standard InChI is InChI=1S/C31H34N4O5S2/c1-5-25(41-22-13-9-10-20(16-22)33-27(36)19-39-21-11-7-6-8-12-21)28(37)34-29-24(17-32)23-14-15-35(18-26(23)42-29)30(38)40-31(2,3)4/h6-13,16,25H,5,14-15,18-19H2,1-4H3,(H,33,36)(H,34,37). The zero-order valence-corrected chi connectivity index (χ0v) is 25.7. The molecule has 0 fully saturated rings. The van der Waals surface area contributed by atoms with E-state index in [-0.39, 0.29) is 18.4 Å². The molecule has 0 bridgehead atoms. The van der Waals surface area contributed by atoms with Crippen LogP contribution < -0.4 is 15.4 Å². The summed E-state index contributed by atoms with van der Waals surface area (Å²) >= 11 is 2.71. The van der Waals surface area contributed by atoms with Crippen molar-refractivity contribution in [2.75, 3.05) is 23.8 Å². The number of hydrogen-bond acceptors (Lipinski definition) is 8. The summed E-state index contributed by atoms with van der Waals surface area (Å²) in [5.41, 5.74) is 1.33. The van der Waals surface area contributed by atoms with Crippen molar-refractivity contribution in [3.8, 4) is 11.8 Å². The number of nitriles is 1. The number of thioether (sulfide) groups is 1. The van der Waals surface area contributed by atoms with Crippen molar-refractivity contribution >= 4 is 51.7 Å². The Labute approximate surface area is 254 Å². The van der Waals surface area contributed by atoms with E-state index in [9.17, 15) is 19.6 Å². The normalized spacial score (nSPS) is 13.4. The second kappa shape index (κ2) is 13.8. The Bertz CT molecular complexity index is 1480. The minimum atomic E-state index is -0.599. The highest BCUT2D eigenvalue weighted by Gasteiger charge is 2.31. The molecule has 2 heterocycles. The Morgan fingerprint density at radius 1 is 1.12 bits per heavy atom. The van der Waals surface area contributed by atoms with Crippen LogP contribution in [-0.2, 0) is 27.3 Å². The molecule has 2 N–H and O–H groups in total. The number of rotatable bonds is 9. The molecular weight excluding hydrogens is 572 g/mol. The van der Waals surface area contributed by atoms with Crippen LogP contribution in [0.4, 0.5) is 15.5 Å². The van der Waals surface area contributed by atoms with E-state index in [0.29, 0.717) is 47.9 Å². The van der Waals surface area contributed by atoms with Gasteiger partial charge in [0.1, 0.15) is 22.4 Å². The van der Waals surface area contributed by atoms with E-state index in [1.165, 1.54) is 23.1 Å². The van der Waals surface area contributed by atoms with Crippen LogP contribution in [0, 0.1) is 11.3 Å². The summed E-state index contributed by atoms with van der Waals surface area (Å²) in [5, 5.41) is 15.8. The Balaban J connectivity index is 1.38. The first kappa shape index (κ1) is 30.9. The van der Waals surface area contributed by atoms with Crippen molar-refractivity contribution in [3.63, 3.8) is 0 Å². The summed E-state index contributed by atoms with van der Waals surface area (Å²) < 4.78 is 11.0. The molecule has 1 aliphatic rings. The largest absolute Gasteiger partial charge is 0.484 e. The lowest BCUT2D eigenvalue weighted by atomic mass is 10.0. The second-order valence-electron chi connectivity index (χ2n) is 10.7. The maximum absolute atomic E-state index is 13.3. The molecule has 11 heteroatoms. The van der Waals surface area contributed by atoms with Gasteiger partial charge in [0, 0.05) is 22.0 Å². The van der Waals surface area contributed by atoms with Gasteiger partial charge >= 0.3 is 6.09 Å². The third-order valence-corrected chi connectivity index (χ3v) is 8.72. The van der Waals surface area contributed by atoms with Crippen molar-refractivity contribution < 1.29 is 23.9 Å². The number of hydrogen-bond donors (Lipinski definition) is 2. The summed E-state index contributed by atoms with van der Waals surface area (Å²) in [7, 11) is 0. The van der Waals surface area contributed by atoms with Crippen LogP contribution in [-0.4, -0.2) is 46.8 Å². The van der Waals surface area contributed by atoms with E-state index < -0.39 is 16.9 Å². The number of fused-ring (bicyclic) bond motifs is 1. The van der Waals surface area contributed by atoms with Gasteiger partial charge in [-0.1, -0.05) is 31.2 Å². The van der Waals surface area contributed by atoms with Crippen LogP contribution in [0.2, 0.25) is 0 Å². The van der Waals surface area contributed by atoms with E-state index in [2.05, 4.69) is 16.7 Å². The van der Waals surface area contributed by atoms with Gasteiger partial charge in [0.25, 0.3) is 5.91 Å². The third-order valence-electron chi connectivity index (χ3n) is 6.23. The maximum Gasteiger partial charge on any atom is 0.410 e. The summed E-state index contributed by atoms with van der Waals surface area (Å²) in [6.07, 6.45) is 0.678. The molecule has 2 aromatic carbocycles. The maximum atomic E-state index is 13.3. The van der Waals surface area contributed by atoms with Gasteiger partial charge in [-0.15, -0.1) is 23.1 Å². The van der Waals surface area contributed by atoms with E-state index in [1.54, 1.807) is 23.1 Å². The number of carbonyl (C=O) groups excluding carboxylic acids is 3. The number of para-hydroxylation sites is 1. The van der Waals surface area contributed by atoms with Crippen LogP contribution in [0.15, 0.2) is 59.5 Å². The zero-order valence-electron chi connectivity index (χ0n) is 24.1. The fraction of sp³-hybridized carbons (Fsp3) is 0.355. The first-order valence-corrected chi connectivity index (χ1v) is 15.3. The number of nitrogens with zero attached hydrogens (tertiary/aromatic N) is 2. The molecule has 0 saturated heterocycles. The lowest BCUT2D eigenvalue weighted by Crippen LogP contribution is -2.39. The average molecular weight is 607 g/mol.